The number of para-hydroxylation sites is 1. The normalized spacial score (nSPS) is 16.9. The first-order valence-corrected chi connectivity index (χ1v) is 19.7. The summed E-state index contributed by atoms with van der Waals surface area (Å²) in [5, 5.41) is 23.2. The first-order valence-electron chi connectivity index (χ1n) is 19.7. The maximum Gasteiger partial charge on any atom is 0.323 e. The molecule has 7 amide bonds. The Labute approximate surface area is 338 Å². The minimum Gasteiger partial charge on any atom is -0.481 e. The SMILES string of the molecule is CCCC[C@H](NC(=O)Cc1ccc(NC(=O)Nc2ccccc2C)cc1)C(=O)N[C@@H](CC(=O)O)C(=O)N[C@H](C(=O)N1[C@@H](c2ccccc2)CC[C@H]1C(N)=O)C(C)CC. The molecule has 1 heterocycles. The number of likely N-dealkylation sites (tertiary alicyclic amines) is 1. The fraction of sp³-hybridized carbons (Fsp3) is 0.419. The van der Waals surface area contributed by atoms with Gasteiger partial charge < -0.3 is 42.3 Å². The number of aliphatic carboxylic acids is 1. The van der Waals surface area contributed by atoms with Gasteiger partial charge in [0.15, 0.2) is 0 Å². The molecule has 1 aliphatic rings. The van der Waals surface area contributed by atoms with Gasteiger partial charge in [0.25, 0.3) is 0 Å². The van der Waals surface area contributed by atoms with Crippen molar-refractivity contribution < 1.29 is 38.7 Å². The van der Waals surface area contributed by atoms with Gasteiger partial charge in [0.2, 0.25) is 29.5 Å². The number of hydrogen-bond donors (Lipinski definition) is 7. The number of carboxylic acids is 1. The van der Waals surface area contributed by atoms with E-state index in [-0.39, 0.29) is 12.8 Å². The number of amides is 7. The van der Waals surface area contributed by atoms with Crippen molar-refractivity contribution in [3.8, 4) is 0 Å². The number of rotatable bonds is 19. The summed E-state index contributed by atoms with van der Waals surface area (Å²) in [7, 11) is 0. The lowest BCUT2D eigenvalue weighted by atomic mass is 9.95. The van der Waals surface area contributed by atoms with Crippen molar-refractivity contribution in [2.24, 2.45) is 11.7 Å². The summed E-state index contributed by atoms with van der Waals surface area (Å²) in [6, 6.07) is 17.5. The Hall–Kier alpha value is -6.25. The van der Waals surface area contributed by atoms with Crippen LogP contribution >= 0.6 is 0 Å². The number of carbonyl (C=O) groups excluding carboxylic acids is 6. The van der Waals surface area contributed by atoms with E-state index in [2.05, 4.69) is 26.6 Å². The maximum absolute atomic E-state index is 14.3. The van der Waals surface area contributed by atoms with Crippen molar-refractivity contribution in [3.05, 3.63) is 95.6 Å². The molecule has 15 heteroatoms. The topological polar surface area (TPSA) is 229 Å². The molecule has 1 aliphatic heterocycles. The Kier molecular flexibility index (Phi) is 16.3. The molecule has 3 aromatic carbocycles. The first kappa shape index (κ1) is 44.5. The Morgan fingerprint density at radius 3 is 2.09 bits per heavy atom. The second kappa shape index (κ2) is 21.3. The third-order valence-electron chi connectivity index (χ3n) is 10.4. The van der Waals surface area contributed by atoms with Crippen LogP contribution in [0.2, 0.25) is 0 Å². The van der Waals surface area contributed by atoms with E-state index in [9.17, 15) is 38.7 Å². The predicted molar refractivity (Wildman–Crippen MR) is 219 cm³/mol. The van der Waals surface area contributed by atoms with Crippen molar-refractivity contribution in [1.29, 1.82) is 0 Å². The van der Waals surface area contributed by atoms with Crippen LogP contribution in [-0.2, 0) is 35.2 Å². The highest BCUT2D eigenvalue weighted by Crippen LogP contribution is 2.37. The highest BCUT2D eigenvalue weighted by Gasteiger charge is 2.44. The van der Waals surface area contributed by atoms with E-state index in [0.717, 1.165) is 11.1 Å². The lowest BCUT2D eigenvalue weighted by Gasteiger charge is -2.35. The van der Waals surface area contributed by atoms with Crippen LogP contribution in [-0.4, -0.2) is 75.7 Å². The van der Waals surface area contributed by atoms with E-state index in [0.29, 0.717) is 49.0 Å². The smallest absolute Gasteiger partial charge is 0.323 e. The van der Waals surface area contributed by atoms with E-state index in [1.807, 2.05) is 69.3 Å². The summed E-state index contributed by atoms with van der Waals surface area (Å²) >= 11 is 0. The molecule has 0 aromatic heterocycles. The zero-order valence-corrected chi connectivity index (χ0v) is 33.5. The summed E-state index contributed by atoms with van der Waals surface area (Å²) in [6.45, 7) is 7.37. The molecule has 310 valence electrons. The molecule has 0 saturated carbocycles. The van der Waals surface area contributed by atoms with Crippen molar-refractivity contribution in [3.63, 3.8) is 0 Å². The van der Waals surface area contributed by atoms with Gasteiger partial charge in [-0.15, -0.1) is 0 Å². The molecule has 4 rings (SSSR count). The lowest BCUT2D eigenvalue weighted by molar-refractivity contribution is -0.145. The molecule has 0 spiro atoms. The molecule has 0 aliphatic carbocycles. The fourth-order valence-electron chi connectivity index (χ4n) is 6.97. The molecule has 1 saturated heterocycles. The molecule has 0 bridgehead atoms. The van der Waals surface area contributed by atoms with E-state index in [4.69, 9.17) is 5.73 Å². The van der Waals surface area contributed by atoms with Crippen LogP contribution in [0.15, 0.2) is 78.9 Å². The Balaban J connectivity index is 1.44. The molecule has 6 atom stereocenters. The van der Waals surface area contributed by atoms with Crippen LogP contribution in [0.5, 0.6) is 0 Å². The zero-order valence-electron chi connectivity index (χ0n) is 33.5. The third kappa shape index (κ3) is 12.4. The number of nitrogens with two attached hydrogens (primary N) is 1. The molecule has 15 nitrogen and oxygen atoms in total. The van der Waals surface area contributed by atoms with Crippen LogP contribution in [0, 0.1) is 12.8 Å². The fourth-order valence-corrected chi connectivity index (χ4v) is 6.97. The Morgan fingerprint density at radius 1 is 0.810 bits per heavy atom. The largest absolute Gasteiger partial charge is 0.481 e. The van der Waals surface area contributed by atoms with Gasteiger partial charge in [-0.25, -0.2) is 4.79 Å². The number of nitrogens with one attached hydrogen (secondary N) is 5. The predicted octanol–water partition coefficient (Wildman–Crippen LogP) is 4.56. The van der Waals surface area contributed by atoms with Crippen molar-refractivity contribution in [2.75, 3.05) is 10.6 Å². The van der Waals surface area contributed by atoms with Crippen molar-refractivity contribution >= 4 is 52.9 Å². The van der Waals surface area contributed by atoms with Gasteiger partial charge in [-0.3, -0.25) is 28.8 Å². The number of hydrogen-bond acceptors (Lipinski definition) is 7. The summed E-state index contributed by atoms with van der Waals surface area (Å²) in [5.74, 6) is -5.18. The maximum atomic E-state index is 14.3. The number of aryl methyl sites for hydroxylation is 1. The molecule has 1 fully saturated rings. The molecule has 58 heavy (non-hydrogen) atoms. The number of nitrogens with zero attached hydrogens (tertiary/aromatic N) is 1. The number of urea groups is 1. The summed E-state index contributed by atoms with van der Waals surface area (Å²) in [6.07, 6.45) is 1.81. The van der Waals surface area contributed by atoms with Gasteiger partial charge in [0, 0.05) is 11.4 Å². The Bertz CT molecular complexity index is 1920. The monoisotopic (exact) mass is 797 g/mol. The number of carboxylic acid groups (broad SMARTS) is 1. The third-order valence-corrected chi connectivity index (χ3v) is 10.4. The number of carbonyl (C=O) groups is 7. The van der Waals surface area contributed by atoms with Crippen molar-refractivity contribution in [2.45, 2.75) is 109 Å². The van der Waals surface area contributed by atoms with E-state index < -0.39 is 84.1 Å². The molecule has 1 unspecified atom stereocenters. The summed E-state index contributed by atoms with van der Waals surface area (Å²) in [4.78, 5) is 93.5. The van der Waals surface area contributed by atoms with Gasteiger partial charge >= 0.3 is 12.0 Å². The van der Waals surface area contributed by atoms with Gasteiger partial charge in [-0.2, -0.15) is 0 Å². The second-order valence-corrected chi connectivity index (χ2v) is 14.7. The van der Waals surface area contributed by atoms with E-state index in [1.54, 1.807) is 37.3 Å². The summed E-state index contributed by atoms with van der Waals surface area (Å²) in [5.41, 5.74) is 9.23. The highest BCUT2D eigenvalue weighted by molar-refractivity contribution is 6.00. The van der Waals surface area contributed by atoms with Gasteiger partial charge in [0.05, 0.1) is 18.9 Å². The van der Waals surface area contributed by atoms with E-state index >= 15 is 0 Å². The van der Waals surface area contributed by atoms with Crippen molar-refractivity contribution in [1.82, 2.24) is 20.9 Å². The second-order valence-electron chi connectivity index (χ2n) is 14.7. The number of benzene rings is 3. The molecule has 8 N–H and O–H groups in total. The standard InChI is InChI=1S/C43H55N7O8/c1-5-7-16-32(46-36(51)24-28-18-20-30(21-19-28)45-43(58)48-31-17-12-11-13-27(31)4)40(55)47-33(25-37(52)53)41(56)49-38(26(3)6-2)42(57)50-34(22-23-35(50)39(44)54)29-14-9-8-10-15-29/h8-15,17-21,26,32-35,38H,5-7,16,22-25H2,1-4H3,(H2,44,54)(H,46,51)(H,47,55)(H,49,56)(H,52,53)(H2,45,48,58)/t26?,32-,33-,34+,35-,38-/m0/s1. The molecule has 0 radical (unpaired) electrons. The number of primary amides is 1. The van der Waals surface area contributed by atoms with Gasteiger partial charge in [-0.1, -0.05) is 101 Å². The number of anilines is 2. The van der Waals surface area contributed by atoms with Gasteiger partial charge in [-0.05, 0) is 67.0 Å². The lowest BCUT2D eigenvalue weighted by Crippen LogP contribution is -2.60. The Morgan fingerprint density at radius 2 is 1.47 bits per heavy atom. The van der Waals surface area contributed by atoms with E-state index in [1.165, 1.54) is 4.90 Å². The molecular weight excluding hydrogens is 743 g/mol. The molecule has 3 aromatic rings. The van der Waals surface area contributed by atoms with Crippen LogP contribution < -0.4 is 32.3 Å². The average molecular weight is 798 g/mol. The average Bonchev–Trinajstić information content (AvgIpc) is 3.65. The highest BCUT2D eigenvalue weighted by atomic mass is 16.4. The van der Waals surface area contributed by atoms with Crippen LogP contribution in [0.4, 0.5) is 16.2 Å². The van der Waals surface area contributed by atoms with Crippen LogP contribution in [0.3, 0.4) is 0 Å². The van der Waals surface area contributed by atoms with Crippen LogP contribution in [0.25, 0.3) is 0 Å². The minimum atomic E-state index is -1.59. The minimum absolute atomic E-state index is 0.101. The molecular formula is C43H55N7O8. The zero-order chi connectivity index (χ0) is 42.4. The van der Waals surface area contributed by atoms with Gasteiger partial charge in [0.1, 0.15) is 24.2 Å². The van der Waals surface area contributed by atoms with Crippen LogP contribution in [0.1, 0.15) is 88.4 Å². The summed E-state index contributed by atoms with van der Waals surface area (Å²) < 4.78 is 0. The number of unbranched alkanes of at least 4 members (excludes halogenated alkanes) is 1. The first-order chi connectivity index (χ1) is 27.7. The quantitative estimate of drug-likeness (QED) is 0.0907.